The molecule has 2 N–H and O–H groups in total. The predicted octanol–water partition coefficient (Wildman–Crippen LogP) is -0.377. The monoisotopic (exact) mass is 145 g/mol. The Bertz CT molecular complexity index is 155. The van der Waals surface area contributed by atoms with E-state index in [0.29, 0.717) is 0 Å². The molecular weight excluding hydrogens is 134 g/mol. The van der Waals surface area contributed by atoms with Crippen molar-refractivity contribution in [3.8, 4) is 0 Å². The van der Waals surface area contributed by atoms with Gasteiger partial charge in [0.25, 0.3) is 0 Å². The Labute approximate surface area is 59.3 Å². The van der Waals surface area contributed by atoms with E-state index in [1.807, 2.05) is 0 Å². The maximum Gasteiger partial charge on any atom is 0.249 e. The van der Waals surface area contributed by atoms with Gasteiger partial charge in [0.15, 0.2) is 11.9 Å². The number of rotatable bonds is 1. The van der Waals surface area contributed by atoms with Crippen LogP contribution in [-0.4, -0.2) is 24.4 Å². The van der Waals surface area contributed by atoms with E-state index in [-0.39, 0.29) is 6.61 Å². The van der Waals surface area contributed by atoms with Crippen LogP contribution in [-0.2, 0) is 14.3 Å². The fourth-order valence-electron chi connectivity index (χ4n) is 0.827. The van der Waals surface area contributed by atoms with Crippen LogP contribution in [0, 0.1) is 0 Å². The van der Waals surface area contributed by atoms with Gasteiger partial charge in [0, 0.05) is 0 Å². The smallest absolute Gasteiger partial charge is 0.249 e. The standard InChI is InChI=1S/C6H11NO3/c1-6(2)9-3-4(10-6)5(7)8/h4H,3H2,1-2H3,(H2,7,8). The van der Waals surface area contributed by atoms with Crippen LogP contribution in [0.25, 0.3) is 0 Å². The molecule has 0 aromatic carbocycles. The third-order valence-corrected chi connectivity index (χ3v) is 1.33. The average Bonchev–Trinajstić information content (AvgIpc) is 2.10. The number of carbonyl (C=O) groups excluding carboxylic acids is 1. The zero-order valence-electron chi connectivity index (χ0n) is 6.09. The molecule has 4 heteroatoms. The minimum atomic E-state index is -0.653. The minimum absolute atomic E-state index is 0.266. The van der Waals surface area contributed by atoms with Crippen molar-refractivity contribution in [2.24, 2.45) is 5.73 Å². The summed E-state index contributed by atoms with van der Waals surface area (Å²) in [4.78, 5) is 10.5. The topological polar surface area (TPSA) is 61.5 Å². The molecule has 10 heavy (non-hydrogen) atoms. The van der Waals surface area contributed by atoms with Gasteiger partial charge in [-0.2, -0.15) is 0 Å². The quantitative estimate of drug-likeness (QED) is 0.547. The van der Waals surface area contributed by atoms with E-state index < -0.39 is 17.8 Å². The van der Waals surface area contributed by atoms with Gasteiger partial charge >= 0.3 is 0 Å². The number of nitrogens with two attached hydrogens (primary N) is 1. The Morgan fingerprint density at radius 1 is 1.70 bits per heavy atom. The van der Waals surface area contributed by atoms with E-state index in [4.69, 9.17) is 15.2 Å². The van der Waals surface area contributed by atoms with Gasteiger partial charge in [0.05, 0.1) is 6.61 Å². The van der Waals surface area contributed by atoms with Crippen molar-refractivity contribution in [3.63, 3.8) is 0 Å². The molecule has 1 aliphatic heterocycles. The molecule has 1 unspecified atom stereocenters. The van der Waals surface area contributed by atoms with Gasteiger partial charge < -0.3 is 15.2 Å². The summed E-state index contributed by atoms with van der Waals surface area (Å²) in [6.45, 7) is 3.76. The molecule has 0 bridgehead atoms. The van der Waals surface area contributed by atoms with Gasteiger partial charge in [-0.25, -0.2) is 0 Å². The molecule has 0 aromatic rings. The summed E-state index contributed by atoms with van der Waals surface area (Å²) in [6, 6.07) is 0. The third-order valence-electron chi connectivity index (χ3n) is 1.33. The van der Waals surface area contributed by atoms with Gasteiger partial charge in [-0.3, -0.25) is 4.79 Å². The summed E-state index contributed by atoms with van der Waals surface area (Å²) >= 11 is 0. The lowest BCUT2D eigenvalue weighted by molar-refractivity contribution is -0.151. The highest BCUT2D eigenvalue weighted by Gasteiger charge is 2.35. The highest BCUT2D eigenvalue weighted by Crippen LogP contribution is 2.21. The van der Waals surface area contributed by atoms with Crippen LogP contribution in [0.5, 0.6) is 0 Å². The lowest BCUT2D eigenvalue weighted by atomic mass is 10.4. The van der Waals surface area contributed by atoms with Crippen molar-refractivity contribution in [2.75, 3.05) is 6.61 Å². The normalized spacial score (nSPS) is 30.4. The van der Waals surface area contributed by atoms with Crippen LogP contribution in [0.15, 0.2) is 0 Å². The van der Waals surface area contributed by atoms with Gasteiger partial charge in [0.2, 0.25) is 5.91 Å². The van der Waals surface area contributed by atoms with Gasteiger partial charge in [-0.05, 0) is 13.8 Å². The van der Waals surface area contributed by atoms with Crippen molar-refractivity contribution in [1.29, 1.82) is 0 Å². The van der Waals surface area contributed by atoms with Crippen LogP contribution in [0.4, 0.5) is 0 Å². The summed E-state index contributed by atoms with van der Waals surface area (Å²) in [7, 11) is 0. The minimum Gasteiger partial charge on any atom is -0.367 e. The first kappa shape index (κ1) is 7.50. The van der Waals surface area contributed by atoms with E-state index in [2.05, 4.69) is 0 Å². The van der Waals surface area contributed by atoms with E-state index in [1.54, 1.807) is 13.8 Å². The lowest BCUT2D eigenvalue weighted by Crippen LogP contribution is -2.32. The van der Waals surface area contributed by atoms with E-state index in [1.165, 1.54) is 0 Å². The summed E-state index contributed by atoms with van der Waals surface area (Å²) in [5.74, 6) is -1.12. The zero-order chi connectivity index (χ0) is 7.78. The second-order valence-electron chi connectivity index (χ2n) is 2.72. The van der Waals surface area contributed by atoms with Crippen molar-refractivity contribution < 1.29 is 14.3 Å². The first-order chi connectivity index (χ1) is 4.51. The summed E-state index contributed by atoms with van der Waals surface area (Å²) in [5, 5.41) is 0. The van der Waals surface area contributed by atoms with Gasteiger partial charge in [-0.15, -0.1) is 0 Å². The summed E-state index contributed by atoms with van der Waals surface area (Å²) in [6.07, 6.45) is -0.574. The molecule has 1 rings (SSSR count). The fraction of sp³-hybridized carbons (Fsp3) is 0.833. The van der Waals surface area contributed by atoms with Crippen molar-refractivity contribution in [3.05, 3.63) is 0 Å². The molecule has 58 valence electrons. The van der Waals surface area contributed by atoms with Crippen LogP contribution in [0.3, 0.4) is 0 Å². The fourth-order valence-corrected chi connectivity index (χ4v) is 0.827. The van der Waals surface area contributed by atoms with Crippen molar-refractivity contribution in [1.82, 2.24) is 0 Å². The number of carbonyl (C=O) groups is 1. The first-order valence-corrected chi connectivity index (χ1v) is 3.12. The maximum atomic E-state index is 10.5. The Morgan fingerprint density at radius 2 is 2.30 bits per heavy atom. The first-order valence-electron chi connectivity index (χ1n) is 3.12. The Balaban J connectivity index is 2.51. The van der Waals surface area contributed by atoms with E-state index in [9.17, 15) is 4.79 Å². The molecule has 1 aliphatic rings. The maximum absolute atomic E-state index is 10.5. The molecule has 0 spiro atoms. The largest absolute Gasteiger partial charge is 0.367 e. The molecule has 0 radical (unpaired) electrons. The van der Waals surface area contributed by atoms with Gasteiger partial charge in [-0.1, -0.05) is 0 Å². The van der Waals surface area contributed by atoms with E-state index >= 15 is 0 Å². The average molecular weight is 145 g/mol. The van der Waals surface area contributed by atoms with E-state index in [0.717, 1.165) is 0 Å². The predicted molar refractivity (Wildman–Crippen MR) is 34.1 cm³/mol. The Hall–Kier alpha value is -0.610. The number of hydrogen-bond donors (Lipinski definition) is 1. The molecule has 1 atom stereocenters. The van der Waals surface area contributed by atoms with Crippen molar-refractivity contribution >= 4 is 5.91 Å². The molecule has 4 nitrogen and oxygen atoms in total. The molecule has 0 saturated carbocycles. The van der Waals surface area contributed by atoms with Gasteiger partial charge in [0.1, 0.15) is 0 Å². The molecule has 1 heterocycles. The number of amides is 1. The zero-order valence-corrected chi connectivity index (χ0v) is 6.09. The van der Waals surface area contributed by atoms with Crippen LogP contribution < -0.4 is 5.73 Å². The van der Waals surface area contributed by atoms with Crippen LogP contribution in [0.2, 0.25) is 0 Å². The molecule has 0 aliphatic carbocycles. The summed E-state index contributed by atoms with van der Waals surface area (Å²) in [5.41, 5.74) is 4.97. The Morgan fingerprint density at radius 3 is 2.50 bits per heavy atom. The molecule has 1 saturated heterocycles. The van der Waals surface area contributed by atoms with Crippen molar-refractivity contribution in [2.45, 2.75) is 25.7 Å². The van der Waals surface area contributed by atoms with Crippen LogP contribution in [0.1, 0.15) is 13.8 Å². The highest BCUT2D eigenvalue weighted by molar-refractivity contribution is 5.79. The third kappa shape index (κ3) is 1.46. The van der Waals surface area contributed by atoms with Crippen LogP contribution >= 0.6 is 0 Å². The molecule has 1 amide bonds. The SMILES string of the molecule is CC1(C)OCC(C(N)=O)O1. The number of hydrogen-bond acceptors (Lipinski definition) is 3. The molecule has 0 aromatic heterocycles. The Kier molecular flexibility index (Phi) is 1.66. The summed E-state index contributed by atoms with van der Waals surface area (Å²) < 4.78 is 10.2. The highest BCUT2D eigenvalue weighted by atomic mass is 16.7. The second kappa shape index (κ2) is 2.21. The lowest BCUT2D eigenvalue weighted by Gasteiger charge is -2.15. The molecule has 1 fully saturated rings. The molecular formula is C6H11NO3. The number of ether oxygens (including phenoxy) is 2. The second-order valence-corrected chi connectivity index (χ2v) is 2.72. The number of primary amides is 1.